The van der Waals surface area contributed by atoms with Crippen LogP contribution in [0.2, 0.25) is 1.41 Å². The Labute approximate surface area is 76.1 Å². The van der Waals surface area contributed by atoms with Crippen molar-refractivity contribution in [3.63, 3.8) is 0 Å². The molecule has 7 nitrogen and oxygen atoms in total. The van der Waals surface area contributed by atoms with E-state index in [0.29, 0.717) is 0 Å². The summed E-state index contributed by atoms with van der Waals surface area (Å²) in [5.41, 5.74) is -1.01. The highest BCUT2D eigenvalue weighted by molar-refractivity contribution is 4.88. The van der Waals surface area contributed by atoms with Gasteiger partial charge >= 0.3 is 0 Å². The largest absolute Gasteiger partial charge is 0.394 e. The third-order valence-corrected chi connectivity index (χ3v) is 1.64. The van der Waals surface area contributed by atoms with Crippen LogP contribution in [0.1, 0.15) is 0 Å². The predicted octanol–water partition coefficient (Wildman–Crippen LogP) is -4.30. The summed E-state index contributed by atoms with van der Waals surface area (Å²) in [5, 5.41) is 53.6. The van der Waals surface area contributed by atoms with Crippen LogP contribution in [0.25, 0.3) is 0 Å². The van der Waals surface area contributed by atoms with E-state index in [1.54, 1.807) is 0 Å². The summed E-state index contributed by atoms with van der Waals surface area (Å²) < 4.78 is 6.60. The third-order valence-electron chi connectivity index (χ3n) is 1.64. The van der Waals surface area contributed by atoms with Crippen LogP contribution in [-0.4, -0.2) is 67.9 Å². The maximum absolute atomic E-state index is 9.26. The highest BCUT2D eigenvalue weighted by Crippen LogP contribution is 2.09. The molecule has 0 amide bonds. The topological polar surface area (TPSA) is 147 Å². The summed E-state index contributed by atoms with van der Waals surface area (Å²) in [6.45, 7) is -1.86. The molecule has 0 aliphatic carbocycles. The van der Waals surface area contributed by atoms with Gasteiger partial charge in [0.15, 0.2) is 5.72 Å². The standard InChI is InChI=1S/C6H15NO6/c7-6(13,2-9)5(12)4(11)3(10)1-8/h3-5,8-13H,1-2,7H2/t3-,4-,5+,6-/m1/s1/i/hD. The highest BCUT2D eigenvalue weighted by atomic mass is 16.4. The van der Waals surface area contributed by atoms with E-state index in [9.17, 15) is 10.2 Å². The average molecular weight is 198 g/mol. The van der Waals surface area contributed by atoms with Crippen molar-refractivity contribution >= 4 is 0 Å². The molecule has 0 spiro atoms. The minimum Gasteiger partial charge on any atom is -0.394 e. The molecule has 0 saturated carbocycles. The van der Waals surface area contributed by atoms with Crippen molar-refractivity contribution in [2.24, 2.45) is 5.73 Å². The van der Waals surface area contributed by atoms with Gasteiger partial charge in [0.25, 0.3) is 0 Å². The molecule has 7 heteroatoms. The van der Waals surface area contributed by atoms with Crippen molar-refractivity contribution in [3.05, 3.63) is 0 Å². The molecule has 0 fully saturated rings. The predicted molar refractivity (Wildman–Crippen MR) is 41.3 cm³/mol. The number of aliphatic hydroxyl groups excluding tert-OH is 5. The lowest BCUT2D eigenvalue weighted by atomic mass is 9.99. The lowest BCUT2D eigenvalue weighted by molar-refractivity contribution is -0.169. The first-order chi connectivity index (χ1) is 6.42. The van der Waals surface area contributed by atoms with Crippen molar-refractivity contribution in [2.45, 2.75) is 24.0 Å². The monoisotopic (exact) mass is 198 g/mol. The first-order valence-corrected chi connectivity index (χ1v) is 3.60. The molecule has 8 N–H and O–H groups in total. The van der Waals surface area contributed by atoms with E-state index >= 15 is 0 Å². The molecular weight excluding hydrogens is 182 g/mol. The average Bonchev–Trinajstić information content (AvgIpc) is 2.24. The van der Waals surface area contributed by atoms with Gasteiger partial charge in [-0.25, -0.2) is 0 Å². The first-order valence-electron chi connectivity index (χ1n) is 4.10. The molecule has 0 aliphatic heterocycles. The van der Waals surface area contributed by atoms with Crippen molar-refractivity contribution in [1.82, 2.24) is 0 Å². The number of rotatable bonds is 6. The zero-order valence-corrected chi connectivity index (χ0v) is 6.83. The molecular formula is C6H15NO6. The van der Waals surface area contributed by atoms with Crippen LogP contribution in [0.5, 0.6) is 0 Å². The van der Waals surface area contributed by atoms with Crippen LogP contribution in [0.3, 0.4) is 0 Å². The molecule has 0 heterocycles. The maximum atomic E-state index is 9.26. The fraction of sp³-hybridized carbons (Fsp3) is 1.00. The molecule has 80 valence electrons. The van der Waals surface area contributed by atoms with Gasteiger partial charge in [0.2, 0.25) is 0 Å². The molecule has 4 atom stereocenters. The maximum Gasteiger partial charge on any atom is 0.165 e. The van der Waals surface area contributed by atoms with Gasteiger partial charge in [-0.15, -0.1) is 0 Å². The minimum atomic E-state index is -2.45. The first kappa shape index (κ1) is 10.8. The van der Waals surface area contributed by atoms with E-state index in [1.165, 1.54) is 5.73 Å². The second kappa shape index (κ2) is 4.82. The summed E-state index contributed by atoms with van der Waals surface area (Å²) in [5.74, 6) is 0. The second-order valence-electron chi connectivity index (χ2n) is 2.77. The Morgan fingerprint density at radius 2 is 1.85 bits per heavy atom. The van der Waals surface area contributed by atoms with Crippen LogP contribution in [0.15, 0.2) is 0 Å². The van der Waals surface area contributed by atoms with E-state index in [2.05, 4.69) is 0 Å². The molecule has 0 radical (unpaired) electrons. The van der Waals surface area contributed by atoms with Crippen LogP contribution in [0, 0.1) is 0 Å². The zero-order valence-electron chi connectivity index (χ0n) is 7.83. The van der Waals surface area contributed by atoms with Gasteiger partial charge in [0.1, 0.15) is 19.7 Å². The van der Waals surface area contributed by atoms with E-state index < -0.39 is 37.3 Å². The zero-order chi connectivity index (χ0) is 11.4. The summed E-state index contributed by atoms with van der Waals surface area (Å²) in [6, 6.07) is 0. The van der Waals surface area contributed by atoms with Crippen molar-refractivity contribution < 1.29 is 32.1 Å². The number of aliphatic hydroxyl groups is 6. The molecule has 0 aromatic heterocycles. The van der Waals surface area contributed by atoms with E-state index in [0.717, 1.165) is 0 Å². The van der Waals surface area contributed by atoms with E-state index in [1.807, 2.05) is 0 Å². The van der Waals surface area contributed by atoms with Crippen LogP contribution < -0.4 is 5.73 Å². The Hall–Kier alpha value is -0.280. The van der Waals surface area contributed by atoms with Gasteiger partial charge in [-0.1, -0.05) is 0 Å². The van der Waals surface area contributed by atoms with Crippen LogP contribution in [-0.2, 0) is 0 Å². The van der Waals surface area contributed by atoms with E-state index in [-0.39, 0.29) is 0 Å². The Bertz CT molecular complexity index is 166. The third kappa shape index (κ3) is 3.16. The van der Waals surface area contributed by atoms with E-state index in [4.69, 9.17) is 21.8 Å². The van der Waals surface area contributed by atoms with Gasteiger partial charge in [0, 0.05) is 0 Å². The smallest absolute Gasteiger partial charge is 0.165 e. The van der Waals surface area contributed by atoms with Crippen LogP contribution in [0.4, 0.5) is 0 Å². The Morgan fingerprint density at radius 1 is 1.31 bits per heavy atom. The fourth-order valence-electron chi connectivity index (χ4n) is 0.694. The lowest BCUT2D eigenvalue weighted by Crippen LogP contribution is -2.61. The molecule has 13 heavy (non-hydrogen) atoms. The van der Waals surface area contributed by atoms with Gasteiger partial charge < -0.3 is 30.6 Å². The molecule has 0 aromatic carbocycles. The van der Waals surface area contributed by atoms with Crippen molar-refractivity contribution in [1.29, 1.82) is 0 Å². The van der Waals surface area contributed by atoms with Crippen molar-refractivity contribution in [3.8, 4) is 0 Å². The number of hydrogen-bond acceptors (Lipinski definition) is 7. The minimum absolute atomic E-state index is 0.822. The van der Waals surface area contributed by atoms with Crippen molar-refractivity contribution in [2.75, 3.05) is 13.2 Å². The Balaban J connectivity index is 4.49. The lowest BCUT2D eigenvalue weighted by Gasteiger charge is -2.31. The summed E-state index contributed by atoms with van der Waals surface area (Å²) in [4.78, 5) is 0. The second-order valence-corrected chi connectivity index (χ2v) is 2.77. The molecule has 0 unspecified atom stereocenters. The van der Waals surface area contributed by atoms with Crippen LogP contribution >= 0.6 is 0 Å². The molecule has 0 aliphatic rings. The molecule has 0 bridgehead atoms. The Morgan fingerprint density at radius 3 is 2.15 bits per heavy atom. The molecule has 0 rings (SSSR count). The summed E-state index contributed by atoms with van der Waals surface area (Å²) >= 11 is 0. The Kier molecular flexibility index (Phi) is 4.00. The number of nitrogens with two attached hydrogens (primary N) is 1. The number of hydrogen-bond donors (Lipinski definition) is 7. The van der Waals surface area contributed by atoms with Gasteiger partial charge in [-0.2, -0.15) is 0 Å². The summed E-state index contributed by atoms with van der Waals surface area (Å²) in [6.07, 6.45) is -5.56. The quantitative estimate of drug-likeness (QED) is 0.213. The fourth-order valence-corrected chi connectivity index (χ4v) is 0.694. The normalized spacial score (nSPS) is 24.3. The van der Waals surface area contributed by atoms with Gasteiger partial charge in [-0.05, 0) is 0 Å². The molecule has 0 saturated heterocycles. The van der Waals surface area contributed by atoms with Gasteiger partial charge in [-0.3, -0.25) is 5.73 Å². The summed E-state index contributed by atoms with van der Waals surface area (Å²) in [7, 11) is 0. The SMILES string of the molecule is [2H]N[C@@](O)(CO)[C@@H](O)[C@H](O)[C@H](O)CO. The molecule has 0 aromatic rings. The van der Waals surface area contributed by atoms with Gasteiger partial charge in [0.05, 0.1) is 13.2 Å². The highest BCUT2D eigenvalue weighted by Gasteiger charge is 2.38.